The van der Waals surface area contributed by atoms with Gasteiger partial charge >= 0.3 is 37.7 Å². The van der Waals surface area contributed by atoms with Crippen LogP contribution in [0.2, 0.25) is 12.1 Å². The third kappa shape index (κ3) is 5.61. The van der Waals surface area contributed by atoms with Crippen molar-refractivity contribution in [1.82, 2.24) is 0 Å². The van der Waals surface area contributed by atoms with E-state index in [0.717, 1.165) is 9.52 Å². The number of fused-ring (bicyclic) bond motifs is 2. The van der Waals surface area contributed by atoms with E-state index < -0.39 is 0 Å². The number of hydrogen-bond donors (Lipinski definition) is 0. The molecule has 4 rings (SSSR count). The van der Waals surface area contributed by atoms with Gasteiger partial charge in [-0.1, -0.05) is 87.3 Å². The minimum atomic E-state index is 0. The first-order valence-corrected chi connectivity index (χ1v) is 13.4. The fourth-order valence-corrected chi connectivity index (χ4v) is 7.24. The van der Waals surface area contributed by atoms with Crippen molar-refractivity contribution < 1.29 is 40.6 Å². The zero-order chi connectivity index (χ0) is 22.4. The number of aryl methyl sites for hydroxylation is 2. The van der Waals surface area contributed by atoms with Gasteiger partial charge in [0.15, 0.2) is 0 Å². The Morgan fingerprint density at radius 2 is 1.03 bits per heavy atom. The molecule has 33 heavy (non-hydrogen) atoms. The molecule has 0 aromatic heterocycles. The summed E-state index contributed by atoms with van der Waals surface area (Å²) in [6.07, 6.45) is 4.91. The van der Waals surface area contributed by atoms with E-state index in [-0.39, 0.29) is 40.6 Å². The first kappa shape index (κ1) is 28.6. The second-order valence-electron chi connectivity index (χ2n) is 10.5. The molecule has 0 saturated heterocycles. The average Bonchev–Trinajstić information content (AvgIpc) is 3.19. The summed E-state index contributed by atoms with van der Waals surface area (Å²) in [5, 5.41) is 0. The van der Waals surface area contributed by atoms with Crippen molar-refractivity contribution in [2.45, 2.75) is 91.1 Å². The van der Waals surface area contributed by atoms with Crippen molar-refractivity contribution in [2.75, 3.05) is 0 Å². The maximum Gasteiger partial charge on any atom is 1.00 e. The van der Waals surface area contributed by atoms with Crippen LogP contribution in [0.25, 0.3) is 12.2 Å². The van der Waals surface area contributed by atoms with E-state index in [9.17, 15) is 0 Å². The van der Waals surface area contributed by atoms with Crippen LogP contribution in [0, 0.1) is 13.8 Å². The fourth-order valence-electron chi connectivity index (χ4n) is 5.41. The van der Waals surface area contributed by atoms with E-state index >= 15 is 0 Å². The zero-order valence-corrected chi connectivity index (χ0v) is 23.7. The van der Waals surface area contributed by atoms with Gasteiger partial charge in [-0.2, -0.15) is 0 Å². The number of hydrogen-bond acceptors (Lipinski definition) is 0. The monoisotopic (exact) mass is 442 g/mol. The van der Waals surface area contributed by atoms with Crippen LogP contribution >= 0.6 is 0 Å². The quantitative estimate of drug-likeness (QED) is 0.604. The summed E-state index contributed by atoms with van der Waals surface area (Å²) in [5.41, 5.74) is 15.2. The minimum absolute atomic E-state index is 0. The molecule has 2 aliphatic rings. The van der Waals surface area contributed by atoms with Gasteiger partial charge in [0.25, 0.3) is 0 Å². The van der Waals surface area contributed by atoms with Gasteiger partial charge < -0.3 is 2.85 Å². The third-order valence-corrected chi connectivity index (χ3v) is 8.90. The molecule has 0 bridgehead atoms. The Bertz CT molecular complexity index is 1000. The smallest absolute Gasteiger partial charge is 1.00 e. The van der Waals surface area contributed by atoms with Crippen LogP contribution in [0.1, 0.15) is 113 Å². The second kappa shape index (κ2) is 11.4. The molecule has 0 N–H and O–H groups in total. The van der Waals surface area contributed by atoms with Crippen molar-refractivity contribution in [1.29, 1.82) is 0 Å². The van der Waals surface area contributed by atoms with Crippen LogP contribution in [-0.4, -0.2) is 9.52 Å². The molecule has 2 aromatic carbocycles. The van der Waals surface area contributed by atoms with Crippen molar-refractivity contribution in [2.24, 2.45) is 0 Å². The van der Waals surface area contributed by atoms with Crippen molar-refractivity contribution in [3.63, 3.8) is 0 Å². The Morgan fingerprint density at radius 3 is 1.36 bits per heavy atom. The van der Waals surface area contributed by atoms with Gasteiger partial charge in [0.1, 0.15) is 0 Å². The maximum atomic E-state index is 2.50. The normalized spacial score (nSPS) is 18.5. The van der Waals surface area contributed by atoms with E-state index in [1.807, 2.05) is 0 Å². The van der Waals surface area contributed by atoms with Gasteiger partial charge in [-0.05, 0) is 84.0 Å². The Labute approximate surface area is 232 Å². The summed E-state index contributed by atoms with van der Waals surface area (Å²) >= 11 is 0. The van der Waals surface area contributed by atoms with Gasteiger partial charge in [-0.15, -0.1) is 0 Å². The number of allylic oxidation sites excluding steroid dienone is 2. The Balaban J connectivity index is 0.00000289. The Morgan fingerprint density at radius 1 is 0.667 bits per heavy atom. The van der Waals surface area contributed by atoms with Gasteiger partial charge in [-0.25, -0.2) is 0 Å². The summed E-state index contributed by atoms with van der Waals surface area (Å²) in [6, 6.07) is 12.4. The molecule has 2 aliphatic carbocycles. The van der Waals surface area contributed by atoms with Crippen molar-refractivity contribution in [3.05, 3.63) is 79.9 Å². The predicted octanol–water partition coefficient (Wildman–Crippen LogP) is 3.03. The van der Waals surface area contributed by atoms with Crippen LogP contribution in [0.3, 0.4) is 0 Å². The molecule has 2 radical (unpaired) electrons. The molecule has 0 spiro atoms. The summed E-state index contributed by atoms with van der Waals surface area (Å²) in [7, 11) is 0.991. The standard InChI is InChI=1S/C30H38Si.2Li.2H/c1-17(2)23-9-19(5)25-11-21(7)29(27(25)13-23)15-31-16-30-22(8)12-26-20(6)10-24(18(3)4)14-28(26)30;;;;/h9-14,17-18,29-30H,15-16H2,1-8H3;;;;/q;2*+1;2*-1. The summed E-state index contributed by atoms with van der Waals surface area (Å²) < 4.78 is 0. The first-order chi connectivity index (χ1) is 14.7. The minimum Gasteiger partial charge on any atom is -1.00 e. The summed E-state index contributed by atoms with van der Waals surface area (Å²) in [4.78, 5) is 0. The van der Waals surface area contributed by atoms with Crippen LogP contribution in [0.4, 0.5) is 0 Å². The largest absolute Gasteiger partial charge is 1.00 e. The molecule has 0 saturated carbocycles. The van der Waals surface area contributed by atoms with Gasteiger partial charge in [-0.3, -0.25) is 0 Å². The molecular weight excluding hydrogens is 402 g/mol. The van der Waals surface area contributed by atoms with Gasteiger partial charge in [0.2, 0.25) is 0 Å². The van der Waals surface area contributed by atoms with Crippen LogP contribution < -0.4 is 37.7 Å². The molecule has 0 fully saturated rings. The Kier molecular flexibility index (Phi) is 9.85. The Hall–Kier alpha value is -0.668. The van der Waals surface area contributed by atoms with Crippen molar-refractivity contribution >= 4 is 21.7 Å². The second-order valence-corrected chi connectivity index (χ2v) is 11.8. The van der Waals surface area contributed by atoms with Gasteiger partial charge in [0, 0.05) is 21.4 Å². The molecule has 166 valence electrons. The summed E-state index contributed by atoms with van der Waals surface area (Å²) in [6.45, 7) is 18.5. The topological polar surface area (TPSA) is 0 Å². The SMILES string of the molecule is CC1=Cc2c(C)cc(C(C)C)cc2C1C[Si]CC1C(C)=Cc2c(C)cc(C(C)C)cc21.[H-].[H-].[Li+].[Li+]. The molecule has 2 unspecified atom stereocenters. The van der Waals surface area contributed by atoms with E-state index in [2.05, 4.69) is 91.8 Å². The molecule has 3 heteroatoms. The van der Waals surface area contributed by atoms with E-state index in [4.69, 9.17) is 0 Å². The molecular formula is C30H40Li2Si. The fraction of sp³-hybridized carbons (Fsp3) is 0.467. The number of benzene rings is 2. The number of rotatable bonds is 6. The third-order valence-electron chi connectivity index (χ3n) is 7.51. The molecule has 2 aromatic rings. The zero-order valence-electron chi connectivity index (χ0n) is 24.7. The van der Waals surface area contributed by atoms with Crippen LogP contribution in [0.15, 0.2) is 35.4 Å². The predicted molar refractivity (Wildman–Crippen MR) is 141 cm³/mol. The molecule has 2 atom stereocenters. The van der Waals surface area contributed by atoms with E-state index in [1.54, 1.807) is 22.3 Å². The van der Waals surface area contributed by atoms with Crippen LogP contribution in [0.5, 0.6) is 0 Å². The maximum absolute atomic E-state index is 2.50. The molecule has 0 aliphatic heterocycles. The molecule has 0 nitrogen and oxygen atoms in total. The molecule has 0 amide bonds. The van der Waals surface area contributed by atoms with Crippen LogP contribution in [-0.2, 0) is 0 Å². The average molecular weight is 443 g/mol. The van der Waals surface area contributed by atoms with E-state index in [1.165, 1.54) is 45.5 Å². The summed E-state index contributed by atoms with van der Waals surface area (Å²) in [5.74, 6) is 2.41. The first-order valence-electron chi connectivity index (χ1n) is 12.0. The van der Waals surface area contributed by atoms with Crippen molar-refractivity contribution in [3.8, 4) is 0 Å². The molecule has 0 heterocycles. The van der Waals surface area contributed by atoms with E-state index in [0.29, 0.717) is 23.7 Å². The van der Waals surface area contributed by atoms with Gasteiger partial charge in [0.05, 0.1) is 0 Å².